The molecule has 0 fully saturated rings. The fourth-order valence-corrected chi connectivity index (χ4v) is 4.06. The number of nitrogens with one attached hydrogen (secondary N) is 2. The minimum absolute atomic E-state index is 0.426. The van der Waals surface area contributed by atoms with Crippen molar-refractivity contribution in [1.82, 2.24) is 5.32 Å². The second-order valence-corrected chi connectivity index (χ2v) is 7.22. The molecule has 0 amide bonds. The maximum atomic E-state index is 5.55. The minimum atomic E-state index is 0.426. The molecule has 0 unspecified atom stereocenters. The summed E-state index contributed by atoms with van der Waals surface area (Å²) >= 11 is 0. The first-order valence-corrected chi connectivity index (χ1v) is 9.91. The van der Waals surface area contributed by atoms with Crippen molar-refractivity contribution in [3.63, 3.8) is 0 Å². The lowest BCUT2D eigenvalue weighted by Gasteiger charge is -2.35. The van der Waals surface area contributed by atoms with E-state index in [1.54, 1.807) is 5.57 Å². The van der Waals surface area contributed by atoms with Crippen LogP contribution in [0, 0.1) is 0 Å². The maximum Gasteiger partial charge on any atom is 0.0576 e. The molecule has 0 saturated heterocycles. The van der Waals surface area contributed by atoms with Gasteiger partial charge >= 0.3 is 0 Å². The van der Waals surface area contributed by atoms with Crippen molar-refractivity contribution in [2.75, 3.05) is 18.4 Å². The summed E-state index contributed by atoms with van der Waals surface area (Å²) in [5.74, 6) is 0. The molecule has 1 heterocycles. The Hall–Kier alpha value is -1.32. The van der Waals surface area contributed by atoms with Crippen molar-refractivity contribution < 1.29 is 0 Å². The number of hydrogen-bond donors (Lipinski definition) is 3. The molecule has 24 heavy (non-hydrogen) atoms. The van der Waals surface area contributed by atoms with Gasteiger partial charge in [0.2, 0.25) is 0 Å². The molecule has 2 aliphatic rings. The van der Waals surface area contributed by atoms with Crippen molar-refractivity contribution >= 4 is 5.69 Å². The van der Waals surface area contributed by atoms with E-state index in [4.69, 9.17) is 5.73 Å². The molecule has 132 valence electrons. The lowest BCUT2D eigenvalue weighted by Crippen LogP contribution is -2.31. The fourth-order valence-electron chi connectivity index (χ4n) is 4.06. The summed E-state index contributed by atoms with van der Waals surface area (Å²) < 4.78 is 0. The monoisotopic (exact) mass is 327 g/mol. The zero-order chi connectivity index (χ0) is 16.6. The highest BCUT2D eigenvalue weighted by Gasteiger charge is 2.28. The van der Waals surface area contributed by atoms with Crippen molar-refractivity contribution in [2.45, 2.75) is 70.3 Å². The predicted molar refractivity (Wildman–Crippen MR) is 103 cm³/mol. The van der Waals surface area contributed by atoms with E-state index in [0.717, 1.165) is 13.1 Å². The lowest BCUT2D eigenvalue weighted by molar-refractivity contribution is 0.506. The minimum Gasteiger partial charge on any atom is -0.359 e. The van der Waals surface area contributed by atoms with Gasteiger partial charge in [-0.25, -0.2) is 0 Å². The molecule has 0 radical (unpaired) electrons. The van der Waals surface area contributed by atoms with Gasteiger partial charge in [-0.1, -0.05) is 43.9 Å². The van der Waals surface area contributed by atoms with Gasteiger partial charge < -0.3 is 16.4 Å². The lowest BCUT2D eigenvalue weighted by atomic mass is 9.84. The van der Waals surface area contributed by atoms with Crippen LogP contribution in [0.4, 0.5) is 5.69 Å². The highest BCUT2D eigenvalue weighted by Crippen LogP contribution is 2.41. The van der Waals surface area contributed by atoms with Crippen molar-refractivity contribution in [2.24, 2.45) is 5.73 Å². The quantitative estimate of drug-likeness (QED) is 0.567. The fraction of sp³-hybridized carbons (Fsp3) is 0.619. The van der Waals surface area contributed by atoms with Crippen molar-refractivity contribution in [3.05, 3.63) is 41.1 Å². The molecular formula is C21H33N3. The van der Waals surface area contributed by atoms with Crippen LogP contribution >= 0.6 is 0 Å². The number of allylic oxidation sites excluding steroid dienone is 1. The zero-order valence-corrected chi connectivity index (χ0v) is 14.9. The Morgan fingerprint density at radius 2 is 1.71 bits per heavy atom. The second-order valence-electron chi connectivity index (χ2n) is 7.22. The summed E-state index contributed by atoms with van der Waals surface area (Å²) in [7, 11) is 0. The van der Waals surface area contributed by atoms with E-state index in [9.17, 15) is 0 Å². The Bertz CT molecular complexity index is 550. The number of benzene rings is 1. The standard InChI is InChI=1S/C21H33N3/c22-15-9-3-1-2-4-10-16-23-21-17-11-5-7-13-19(17)24-20-14-8-6-12-18(20)21/h5,7,11,13,21,23-24H,1-4,6,8-10,12,14-16,22H2/t21-/m1/s1. The van der Waals surface area contributed by atoms with Gasteiger partial charge in [0, 0.05) is 11.4 Å². The van der Waals surface area contributed by atoms with Crippen molar-refractivity contribution in [1.29, 1.82) is 0 Å². The first kappa shape index (κ1) is 17.5. The molecule has 3 heteroatoms. The van der Waals surface area contributed by atoms with Crippen LogP contribution in [0.1, 0.15) is 75.8 Å². The number of anilines is 1. The number of nitrogens with two attached hydrogens (primary N) is 1. The number of para-hydroxylation sites is 1. The maximum absolute atomic E-state index is 5.55. The molecule has 3 nitrogen and oxygen atoms in total. The van der Waals surface area contributed by atoms with Crippen LogP contribution < -0.4 is 16.4 Å². The molecule has 1 atom stereocenters. The van der Waals surface area contributed by atoms with Gasteiger partial charge in [0.05, 0.1) is 6.04 Å². The average molecular weight is 328 g/mol. The SMILES string of the molecule is NCCCCCCCCN[C@H]1C2=C(CCCC2)Nc2ccccc21. The number of unbranched alkanes of at least 4 members (excludes halogenated alkanes) is 5. The number of fused-ring (bicyclic) bond motifs is 1. The van der Waals surface area contributed by atoms with Gasteiger partial charge in [-0.15, -0.1) is 0 Å². The van der Waals surface area contributed by atoms with Gasteiger partial charge in [0.1, 0.15) is 0 Å². The Morgan fingerprint density at radius 1 is 0.958 bits per heavy atom. The van der Waals surface area contributed by atoms with E-state index in [2.05, 4.69) is 34.9 Å². The van der Waals surface area contributed by atoms with Gasteiger partial charge in [-0.05, 0) is 68.8 Å². The van der Waals surface area contributed by atoms with Crippen LogP contribution in [-0.2, 0) is 0 Å². The van der Waals surface area contributed by atoms with Crippen LogP contribution in [0.5, 0.6) is 0 Å². The van der Waals surface area contributed by atoms with E-state index in [1.807, 2.05) is 0 Å². The van der Waals surface area contributed by atoms with E-state index in [-0.39, 0.29) is 0 Å². The third-order valence-corrected chi connectivity index (χ3v) is 5.40. The Balaban J connectivity index is 1.52. The molecule has 4 N–H and O–H groups in total. The van der Waals surface area contributed by atoms with E-state index >= 15 is 0 Å². The molecule has 0 saturated carbocycles. The van der Waals surface area contributed by atoms with Crippen molar-refractivity contribution in [3.8, 4) is 0 Å². The molecule has 3 rings (SSSR count). The Labute approximate surface area is 147 Å². The number of hydrogen-bond acceptors (Lipinski definition) is 3. The van der Waals surface area contributed by atoms with Gasteiger partial charge in [0.25, 0.3) is 0 Å². The van der Waals surface area contributed by atoms with Gasteiger partial charge in [-0.2, -0.15) is 0 Å². The zero-order valence-electron chi connectivity index (χ0n) is 14.9. The van der Waals surface area contributed by atoms with E-state index in [0.29, 0.717) is 6.04 Å². The van der Waals surface area contributed by atoms with Crippen LogP contribution in [-0.4, -0.2) is 13.1 Å². The molecule has 1 aromatic carbocycles. The first-order valence-electron chi connectivity index (χ1n) is 9.91. The van der Waals surface area contributed by atoms with Gasteiger partial charge in [-0.3, -0.25) is 0 Å². The van der Waals surface area contributed by atoms with Crippen LogP contribution in [0.15, 0.2) is 35.5 Å². The smallest absolute Gasteiger partial charge is 0.0576 e. The predicted octanol–water partition coefficient (Wildman–Crippen LogP) is 4.87. The third-order valence-electron chi connectivity index (χ3n) is 5.40. The summed E-state index contributed by atoms with van der Waals surface area (Å²) in [6, 6.07) is 9.24. The van der Waals surface area contributed by atoms with Gasteiger partial charge in [0.15, 0.2) is 0 Å². The summed E-state index contributed by atoms with van der Waals surface area (Å²) in [4.78, 5) is 0. The highest BCUT2D eigenvalue weighted by molar-refractivity contribution is 5.62. The van der Waals surface area contributed by atoms with E-state index < -0.39 is 0 Å². The molecule has 1 aromatic rings. The number of rotatable bonds is 9. The Kier molecular flexibility index (Phi) is 6.74. The molecule has 1 aliphatic carbocycles. The molecular weight excluding hydrogens is 294 g/mol. The average Bonchev–Trinajstić information content (AvgIpc) is 2.63. The molecule has 0 spiro atoms. The third kappa shape index (κ3) is 4.40. The first-order chi connectivity index (χ1) is 11.9. The summed E-state index contributed by atoms with van der Waals surface area (Å²) in [5, 5.41) is 7.55. The van der Waals surface area contributed by atoms with Crippen LogP contribution in [0.3, 0.4) is 0 Å². The van der Waals surface area contributed by atoms with Crippen LogP contribution in [0.2, 0.25) is 0 Å². The highest BCUT2D eigenvalue weighted by atomic mass is 15.0. The summed E-state index contributed by atoms with van der Waals surface area (Å²) in [6.07, 6.45) is 12.9. The molecule has 1 aliphatic heterocycles. The molecule has 0 aromatic heterocycles. The summed E-state index contributed by atoms with van der Waals surface area (Å²) in [6.45, 7) is 1.96. The molecule has 0 bridgehead atoms. The second kappa shape index (κ2) is 9.24. The summed E-state index contributed by atoms with van der Waals surface area (Å²) in [5.41, 5.74) is 11.4. The Morgan fingerprint density at radius 3 is 2.58 bits per heavy atom. The van der Waals surface area contributed by atoms with E-state index in [1.165, 1.54) is 81.2 Å². The van der Waals surface area contributed by atoms with Crippen LogP contribution in [0.25, 0.3) is 0 Å². The largest absolute Gasteiger partial charge is 0.359 e. The topological polar surface area (TPSA) is 50.1 Å². The normalized spacial score (nSPS) is 19.6.